The Hall–Kier alpha value is -1.38. The second-order valence-electron chi connectivity index (χ2n) is 3.54. The van der Waals surface area contributed by atoms with Gasteiger partial charge >= 0.3 is 5.97 Å². The van der Waals surface area contributed by atoms with E-state index in [0.29, 0.717) is 23.6 Å². The minimum absolute atomic E-state index is 0.317. The van der Waals surface area contributed by atoms with Crippen molar-refractivity contribution in [3.8, 4) is 0 Å². The normalized spacial score (nSPS) is 10.6. The molecular weight excluding hydrogens is 178 g/mol. The third kappa shape index (κ3) is 2.10. The number of aromatic carboxylic acids is 1. The molecule has 0 unspecified atom stereocenters. The van der Waals surface area contributed by atoms with Gasteiger partial charge < -0.3 is 5.11 Å². The summed E-state index contributed by atoms with van der Waals surface area (Å²) in [6.45, 7) is 6.00. The Morgan fingerprint density at radius 2 is 2.14 bits per heavy atom. The van der Waals surface area contributed by atoms with Crippen molar-refractivity contribution in [2.24, 2.45) is 0 Å². The van der Waals surface area contributed by atoms with Gasteiger partial charge in [-0.25, -0.2) is 4.79 Å². The largest absolute Gasteiger partial charge is 0.478 e. The summed E-state index contributed by atoms with van der Waals surface area (Å²) in [5.41, 5.74) is 1.94. The van der Waals surface area contributed by atoms with Crippen molar-refractivity contribution in [3.63, 3.8) is 0 Å². The van der Waals surface area contributed by atoms with Crippen molar-refractivity contribution < 1.29 is 9.90 Å². The Morgan fingerprint density at radius 1 is 1.50 bits per heavy atom. The predicted octanol–water partition coefficient (Wildman–Crippen LogP) is 2.47. The topological polar surface area (TPSA) is 50.2 Å². The molecule has 1 aromatic heterocycles. The summed E-state index contributed by atoms with van der Waals surface area (Å²) >= 11 is 0. The molecule has 14 heavy (non-hydrogen) atoms. The smallest absolute Gasteiger partial charge is 0.337 e. The number of pyridine rings is 1. The van der Waals surface area contributed by atoms with E-state index >= 15 is 0 Å². The summed E-state index contributed by atoms with van der Waals surface area (Å²) in [7, 11) is 0. The number of hydrogen-bond donors (Lipinski definition) is 1. The first-order valence-corrected chi connectivity index (χ1v) is 4.79. The second kappa shape index (κ2) is 4.22. The standard InChI is InChI=1S/C11H15NO2/c1-4-9-8(11(13)14)5-6-10(12-9)7(2)3/h5-7H,4H2,1-3H3,(H,13,14). The number of nitrogens with zero attached hydrogens (tertiary/aromatic N) is 1. The van der Waals surface area contributed by atoms with E-state index in [4.69, 9.17) is 5.11 Å². The second-order valence-corrected chi connectivity index (χ2v) is 3.54. The average molecular weight is 193 g/mol. The third-order valence-electron chi connectivity index (χ3n) is 2.15. The van der Waals surface area contributed by atoms with Gasteiger partial charge in [0.25, 0.3) is 0 Å². The molecule has 0 aromatic carbocycles. The van der Waals surface area contributed by atoms with Crippen LogP contribution in [0.4, 0.5) is 0 Å². The van der Waals surface area contributed by atoms with Crippen molar-refractivity contribution in [3.05, 3.63) is 29.1 Å². The van der Waals surface area contributed by atoms with Gasteiger partial charge in [0.15, 0.2) is 0 Å². The van der Waals surface area contributed by atoms with Gasteiger partial charge in [-0.05, 0) is 24.5 Å². The van der Waals surface area contributed by atoms with Gasteiger partial charge in [0, 0.05) is 5.69 Å². The maximum Gasteiger partial charge on any atom is 0.337 e. The molecule has 1 N–H and O–H groups in total. The average Bonchev–Trinajstić information content (AvgIpc) is 2.16. The zero-order valence-corrected chi connectivity index (χ0v) is 8.74. The van der Waals surface area contributed by atoms with Crippen LogP contribution in [-0.2, 0) is 6.42 Å². The van der Waals surface area contributed by atoms with E-state index in [9.17, 15) is 4.79 Å². The Bertz CT molecular complexity index is 345. The fraction of sp³-hybridized carbons (Fsp3) is 0.455. The van der Waals surface area contributed by atoms with Crippen LogP contribution in [0.15, 0.2) is 12.1 Å². The number of rotatable bonds is 3. The van der Waals surface area contributed by atoms with Gasteiger partial charge in [-0.1, -0.05) is 20.8 Å². The van der Waals surface area contributed by atoms with E-state index < -0.39 is 5.97 Å². The Labute approximate surface area is 83.8 Å². The molecule has 0 saturated carbocycles. The van der Waals surface area contributed by atoms with Crippen molar-refractivity contribution in [2.45, 2.75) is 33.1 Å². The summed E-state index contributed by atoms with van der Waals surface area (Å²) in [6, 6.07) is 3.43. The minimum atomic E-state index is -0.898. The van der Waals surface area contributed by atoms with Crippen molar-refractivity contribution in [2.75, 3.05) is 0 Å². The SMILES string of the molecule is CCc1nc(C(C)C)ccc1C(=O)O. The molecule has 3 nitrogen and oxygen atoms in total. The van der Waals surface area contributed by atoms with Gasteiger partial charge in [0.2, 0.25) is 0 Å². The van der Waals surface area contributed by atoms with Crippen LogP contribution in [-0.4, -0.2) is 16.1 Å². The molecule has 0 aliphatic heterocycles. The molecule has 0 atom stereocenters. The molecule has 0 spiro atoms. The molecule has 0 amide bonds. The molecule has 0 saturated heterocycles. The van der Waals surface area contributed by atoms with Gasteiger partial charge in [-0.15, -0.1) is 0 Å². The quantitative estimate of drug-likeness (QED) is 0.802. The van der Waals surface area contributed by atoms with Crippen molar-refractivity contribution in [1.29, 1.82) is 0 Å². The first-order valence-electron chi connectivity index (χ1n) is 4.79. The van der Waals surface area contributed by atoms with Crippen LogP contribution >= 0.6 is 0 Å². The lowest BCUT2D eigenvalue weighted by Crippen LogP contribution is -2.06. The van der Waals surface area contributed by atoms with Crippen LogP contribution in [0, 0.1) is 0 Å². The zero-order valence-electron chi connectivity index (χ0n) is 8.74. The van der Waals surface area contributed by atoms with E-state index in [1.807, 2.05) is 20.8 Å². The zero-order chi connectivity index (χ0) is 10.7. The van der Waals surface area contributed by atoms with Crippen LogP contribution in [0.5, 0.6) is 0 Å². The molecule has 0 fully saturated rings. The number of aryl methyl sites for hydroxylation is 1. The molecule has 3 heteroatoms. The number of hydrogen-bond acceptors (Lipinski definition) is 2. The Balaban J connectivity index is 3.18. The maximum absolute atomic E-state index is 10.8. The summed E-state index contributed by atoms with van der Waals surface area (Å²) in [5, 5.41) is 8.89. The van der Waals surface area contributed by atoms with E-state index in [1.54, 1.807) is 12.1 Å². The van der Waals surface area contributed by atoms with Gasteiger partial charge in [0.05, 0.1) is 11.3 Å². The molecule has 1 heterocycles. The lowest BCUT2D eigenvalue weighted by molar-refractivity contribution is 0.0695. The molecule has 0 aliphatic rings. The van der Waals surface area contributed by atoms with Crippen LogP contribution in [0.2, 0.25) is 0 Å². The highest BCUT2D eigenvalue weighted by molar-refractivity contribution is 5.88. The van der Waals surface area contributed by atoms with Gasteiger partial charge in [-0.2, -0.15) is 0 Å². The summed E-state index contributed by atoms with van der Waals surface area (Å²) in [6.07, 6.45) is 0.655. The van der Waals surface area contributed by atoms with Crippen molar-refractivity contribution >= 4 is 5.97 Å². The van der Waals surface area contributed by atoms with Crippen LogP contribution < -0.4 is 0 Å². The molecule has 0 bridgehead atoms. The highest BCUT2D eigenvalue weighted by Gasteiger charge is 2.11. The Morgan fingerprint density at radius 3 is 2.57 bits per heavy atom. The summed E-state index contributed by atoms with van der Waals surface area (Å²) in [5.74, 6) is -0.562. The summed E-state index contributed by atoms with van der Waals surface area (Å²) < 4.78 is 0. The number of aromatic nitrogens is 1. The number of carboxylic acid groups (broad SMARTS) is 1. The van der Waals surface area contributed by atoms with E-state index in [-0.39, 0.29) is 0 Å². The van der Waals surface area contributed by atoms with Gasteiger partial charge in [0.1, 0.15) is 0 Å². The number of carboxylic acids is 1. The van der Waals surface area contributed by atoms with Gasteiger partial charge in [-0.3, -0.25) is 4.98 Å². The predicted molar refractivity (Wildman–Crippen MR) is 54.7 cm³/mol. The first-order chi connectivity index (χ1) is 6.56. The lowest BCUT2D eigenvalue weighted by Gasteiger charge is -2.08. The van der Waals surface area contributed by atoms with Crippen LogP contribution in [0.1, 0.15) is 48.4 Å². The fourth-order valence-electron chi connectivity index (χ4n) is 1.30. The van der Waals surface area contributed by atoms with E-state index in [0.717, 1.165) is 5.69 Å². The highest BCUT2D eigenvalue weighted by Crippen LogP contribution is 2.15. The lowest BCUT2D eigenvalue weighted by atomic mass is 10.1. The molecule has 0 radical (unpaired) electrons. The molecule has 1 aromatic rings. The maximum atomic E-state index is 10.8. The molecule has 1 rings (SSSR count). The van der Waals surface area contributed by atoms with Crippen LogP contribution in [0.25, 0.3) is 0 Å². The third-order valence-corrected chi connectivity index (χ3v) is 2.15. The van der Waals surface area contributed by atoms with Crippen LogP contribution in [0.3, 0.4) is 0 Å². The molecule has 76 valence electrons. The Kier molecular flexibility index (Phi) is 3.23. The minimum Gasteiger partial charge on any atom is -0.478 e. The highest BCUT2D eigenvalue weighted by atomic mass is 16.4. The fourth-order valence-corrected chi connectivity index (χ4v) is 1.30. The first kappa shape index (κ1) is 10.7. The van der Waals surface area contributed by atoms with E-state index in [1.165, 1.54) is 0 Å². The monoisotopic (exact) mass is 193 g/mol. The van der Waals surface area contributed by atoms with Crippen molar-refractivity contribution in [1.82, 2.24) is 4.98 Å². The van der Waals surface area contributed by atoms with E-state index in [2.05, 4.69) is 4.98 Å². The molecule has 0 aliphatic carbocycles. The number of carbonyl (C=O) groups is 1. The molecular formula is C11H15NO2. The summed E-state index contributed by atoms with van der Waals surface area (Å²) in [4.78, 5) is 15.2.